The molecule has 5 heteroatoms. The third-order valence-corrected chi connectivity index (χ3v) is 4.59. The Morgan fingerprint density at radius 3 is 2.42 bits per heavy atom. The monoisotopic (exact) mass is 342 g/mol. The van der Waals surface area contributed by atoms with Gasteiger partial charge in [-0.2, -0.15) is 5.10 Å². The Kier molecular flexibility index (Phi) is 5.62. The molecule has 2 aromatic rings. The number of rotatable bonds is 4. The van der Waals surface area contributed by atoms with Gasteiger partial charge in [0.2, 0.25) is 0 Å². The summed E-state index contributed by atoms with van der Waals surface area (Å²) in [6.07, 6.45) is 1.82. The maximum atomic E-state index is 12.1. The van der Waals surface area contributed by atoms with Gasteiger partial charge in [0.1, 0.15) is 6.54 Å². The SMILES string of the molecule is O=C(NN=C1CC[NH+](Cc2ccccc2)CC1)c1ccccc1Cl. The van der Waals surface area contributed by atoms with Crippen LogP contribution >= 0.6 is 11.6 Å². The number of quaternary nitrogens is 1. The third kappa shape index (κ3) is 4.43. The van der Waals surface area contributed by atoms with Gasteiger partial charge in [-0.3, -0.25) is 4.79 Å². The molecule has 1 aliphatic heterocycles. The van der Waals surface area contributed by atoms with Crippen molar-refractivity contribution < 1.29 is 9.69 Å². The smallest absolute Gasteiger partial charge is 0.272 e. The summed E-state index contributed by atoms with van der Waals surface area (Å²) in [5, 5.41) is 4.73. The van der Waals surface area contributed by atoms with Crippen molar-refractivity contribution >= 4 is 23.2 Å². The second-order valence-electron chi connectivity index (χ2n) is 6.01. The fourth-order valence-electron chi connectivity index (χ4n) is 2.90. The minimum atomic E-state index is -0.257. The number of likely N-dealkylation sites (tertiary alicyclic amines) is 1. The number of nitrogens with zero attached hydrogens (tertiary/aromatic N) is 1. The number of hydrogen-bond donors (Lipinski definition) is 2. The molecule has 0 spiro atoms. The van der Waals surface area contributed by atoms with Crippen LogP contribution in [0, 0.1) is 0 Å². The van der Waals surface area contributed by atoms with Crippen LogP contribution in [0.5, 0.6) is 0 Å². The normalized spacial score (nSPS) is 17.4. The number of piperidine rings is 1. The van der Waals surface area contributed by atoms with Crippen molar-refractivity contribution in [3.8, 4) is 0 Å². The number of carbonyl (C=O) groups excluding carboxylic acids is 1. The van der Waals surface area contributed by atoms with Crippen molar-refractivity contribution in [3.05, 3.63) is 70.7 Å². The van der Waals surface area contributed by atoms with E-state index in [0.717, 1.165) is 38.2 Å². The Morgan fingerprint density at radius 1 is 1.04 bits per heavy atom. The second kappa shape index (κ2) is 8.08. The van der Waals surface area contributed by atoms with Gasteiger partial charge >= 0.3 is 0 Å². The summed E-state index contributed by atoms with van der Waals surface area (Å²) in [5.41, 5.74) is 5.49. The first-order valence-electron chi connectivity index (χ1n) is 8.20. The molecule has 0 saturated carbocycles. The van der Waals surface area contributed by atoms with E-state index >= 15 is 0 Å². The molecule has 1 saturated heterocycles. The zero-order valence-electron chi connectivity index (χ0n) is 13.5. The number of nitrogens with one attached hydrogen (secondary N) is 2. The molecule has 24 heavy (non-hydrogen) atoms. The van der Waals surface area contributed by atoms with Crippen LogP contribution in [0.15, 0.2) is 59.7 Å². The summed E-state index contributed by atoms with van der Waals surface area (Å²) in [6, 6.07) is 17.5. The quantitative estimate of drug-likeness (QED) is 0.823. The summed E-state index contributed by atoms with van der Waals surface area (Å²) in [7, 11) is 0. The summed E-state index contributed by atoms with van der Waals surface area (Å²) in [6.45, 7) is 3.12. The van der Waals surface area contributed by atoms with Gasteiger partial charge in [0, 0.05) is 24.1 Å². The van der Waals surface area contributed by atoms with Crippen LogP contribution in [0.1, 0.15) is 28.8 Å². The molecule has 0 bridgehead atoms. The molecule has 0 atom stereocenters. The number of hydrogen-bond acceptors (Lipinski definition) is 2. The lowest BCUT2D eigenvalue weighted by Gasteiger charge is -2.24. The Morgan fingerprint density at radius 2 is 1.71 bits per heavy atom. The lowest BCUT2D eigenvalue weighted by molar-refractivity contribution is -0.914. The van der Waals surface area contributed by atoms with E-state index < -0.39 is 0 Å². The van der Waals surface area contributed by atoms with Crippen LogP contribution in [-0.4, -0.2) is 24.7 Å². The average Bonchev–Trinajstić information content (AvgIpc) is 2.62. The number of amides is 1. The van der Waals surface area contributed by atoms with Crippen molar-refractivity contribution in [1.29, 1.82) is 0 Å². The van der Waals surface area contributed by atoms with E-state index in [-0.39, 0.29) is 5.91 Å². The number of benzene rings is 2. The average molecular weight is 343 g/mol. The van der Waals surface area contributed by atoms with Gasteiger partial charge in [-0.25, -0.2) is 5.43 Å². The van der Waals surface area contributed by atoms with Crippen molar-refractivity contribution in [1.82, 2.24) is 5.43 Å². The molecule has 3 rings (SSSR count). The minimum absolute atomic E-state index is 0.257. The fourth-order valence-corrected chi connectivity index (χ4v) is 3.12. The highest BCUT2D eigenvalue weighted by molar-refractivity contribution is 6.33. The molecule has 2 aromatic carbocycles. The lowest BCUT2D eigenvalue weighted by atomic mass is 10.1. The number of hydrazone groups is 1. The van der Waals surface area contributed by atoms with Gasteiger partial charge in [0.05, 0.1) is 23.7 Å². The van der Waals surface area contributed by atoms with Gasteiger partial charge in [-0.1, -0.05) is 54.1 Å². The molecular weight excluding hydrogens is 322 g/mol. The van der Waals surface area contributed by atoms with Gasteiger partial charge in [-0.05, 0) is 12.1 Å². The van der Waals surface area contributed by atoms with E-state index in [2.05, 4.69) is 34.8 Å². The summed E-state index contributed by atoms with van der Waals surface area (Å²) in [5.74, 6) is -0.257. The molecule has 0 aromatic heterocycles. The van der Waals surface area contributed by atoms with E-state index in [1.54, 1.807) is 29.2 Å². The van der Waals surface area contributed by atoms with Gasteiger partial charge in [-0.15, -0.1) is 0 Å². The first-order chi connectivity index (χ1) is 11.7. The Balaban J connectivity index is 1.50. The Bertz CT molecular complexity index is 720. The van der Waals surface area contributed by atoms with Gasteiger partial charge in [0.25, 0.3) is 5.91 Å². The molecule has 1 fully saturated rings. The molecule has 1 heterocycles. The molecular formula is C19H21ClN3O+. The van der Waals surface area contributed by atoms with E-state index in [1.807, 2.05) is 6.07 Å². The predicted molar refractivity (Wildman–Crippen MR) is 96.4 cm³/mol. The van der Waals surface area contributed by atoms with Crippen molar-refractivity contribution in [3.63, 3.8) is 0 Å². The first kappa shape index (κ1) is 16.7. The maximum absolute atomic E-state index is 12.1. The van der Waals surface area contributed by atoms with E-state index in [0.29, 0.717) is 10.6 Å². The minimum Gasteiger partial charge on any atom is -0.331 e. The molecule has 0 radical (unpaired) electrons. The van der Waals surface area contributed by atoms with Crippen molar-refractivity contribution in [2.45, 2.75) is 19.4 Å². The van der Waals surface area contributed by atoms with Crippen LogP contribution in [0.25, 0.3) is 0 Å². The molecule has 1 amide bonds. The third-order valence-electron chi connectivity index (χ3n) is 4.27. The fraction of sp³-hybridized carbons (Fsp3) is 0.263. The topological polar surface area (TPSA) is 45.9 Å². The zero-order chi connectivity index (χ0) is 16.8. The predicted octanol–water partition coefficient (Wildman–Crippen LogP) is 2.30. The largest absolute Gasteiger partial charge is 0.331 e. The second-order valence-corrected chi connectivity index (χ2v) is 6.42. The standard InChI is InChI=1S/C19H20ClN3O/c20-18-9-5-4-8-17(18)19(24)22-21-16-10-12-23(13-11-16)14-15-6-2-1-3-7-15/h1-9H,10-14H2,(H,22,24)/p+1. The number of carbonyl (C=O) groups is 1. The summed E-state index contributed by atoms with van der Waals surface area (Å²) >= 11 is 6.02. The van der Waals surface area contributed by atoms with Gasteiger partial charge < -0.3 is 4.90 Å². The first-order valence-corrected chi connectivity index (χ1v) is 8.58. The molecule has 4 nitrogen and oxygen atoms in total. The van der Waals surface area contributed by atoms with Crippen molar-refractivity contribution in [2.75, 3.05) is 13.1 Å². The van der Waals surface area contributed by atoms with Crippen LogP contribution in [0.4, 0.5) is 0 Å². The highest BCUT2D eigenvalue weighted by Gasteiger charge is 2.19. The highest BCUT2D eigenvalue weighted by Crippen LogP contribution is 2.14. The zero-order valence-corrected chi connectivity index (χ0v) is 14.2. The van der Waals surface area contributed by atoms with E-state index in [9.17, 15) is 4.79 Å². The van der Waals surface area contributed by atoms with Crippen LogP contribution < -0.4 is 10.3 Å². The van der Waals surface area contributed by atoms with Crippen LogP contribution in [0.2, 0.25) is 5.02 Å². The van der Waals surface area contributed by atoms with E-state index in [1.165, 1.54) is 5.56 Å². The van der Waals surface area contributed by atoms with E-state index in [4.69, 9.17) is 11.6 Å². The summed E-state index contributed by atoms with van der Waals surface area (Å²) in [4.78, 5) is 13.7. The molecule has 0 unspecified atom stereocenters. The van der Waals surface area contributed by atoms with Crippen LogP contribution in [-0.2, 0) is 6.54 Å². The lowest BCUT2D eigenvalue weighted by Crippen LogP contribution is -3.11. The summed E-state index contributed by atoms with van der Waals surface area (Å²) < 4.78 is 0. The Labute approximate surface area is 147 Å². The van der Waals surface area contributed by atoms with Crippen LogP contribution in [0.3, 0.4) is 0 Å². The van der Waals surface area contributed by atoms with Gasteiger partial charge in [0.15, 0.2) is 0 Å². The van der Waals surface area contributed by atoms with Crippen molar-refractivity contribution in [2.24, 2.45) is 5.10 Å². The molecule has 0 aliphatic carbocycles. The maximum Gasteiger partial charge on any atom is 0.272 e. The molecule has 1 aliphatic rings. The molecule has 2 N–H and O–H groups in total. The number of halogens is 1. The highest BCUT2D eigenvalue weighted by atomic mass is 35.5. The molecule has 124 valence electrons. The Hall–Kier alpha value is -2.17.